The van der Waals surface area contributed by atoms with E-state index in [1.54, 1.807) is 39.0 Å². The van der Waals surface area contributed by atoms with Crippen LogP contribution in [0.1, 0.15) is 20.8 Å². The highest BCUT2D eigenvalue weighted by Crippen LogP contribution is 2.29. The maximum absolute atomic E-state index is 13.7. The number of amides is 1. The lowest BCUT2D eigenvalue weighted by Gasteiger charge is -2.26. The average molecular weight is 417 g/mol. The first-order valence-corrected chi connectivity index (χ1v) is 8.20. The number of para-hydroxylation sites is 1. The van der Waals surface area contributed by atoms with E-state index in [4.69, 9.17) is 4.74 Å². The second-order valence-electron chi connectivity index (χ2n) is 6.78. The summed E-state index contributed by atoms with van der Waals surface area (Å²) >= 11 is 0. The van der Waals surface area contributed by atoms with Gasteiger partial charge in [-0.05, 0) is 32.9 Å². The van der Waals surface area contributed by atoms with Gasteiger partial charge in [-0.15, -0.1) is 0 Å². The van der Waals surface area contributed by atoms with Crippen molar-refractivity contribution in [2.75, 3.05) is 11.4 Å². The zero-order valence-electron chi connectivity index (χ0n) is 15.6. The minimum atomic E-state index is -2.39. The SMILES string of the molecule is CC(C)(C)OC(=O)N(CC(=O)Oc1c(F)c(F)c(F)c(F)c1F)c1ccccc1. The van der Waals surface area contributed by atoms with Crippen LogP contribution in [0.3, 0.4) is 0 Å². The van der Waals surface area contributed by atoms with Crippen LogP contribution in [-0.4, -0.2) is 24.2 Å². The normalized spacial score (nSPS) is 11.2. The summed E-state index contributed by atoms with van der Waals surface area (Å²) in [6.07, 6.45) is -0.988. The molecular weight excluding hydrogens is 401 g/mol. The summed E-state index contributed by atoms with van der Waals surface area (Å²) in [7, 11) is 0. The molecule has 2 rings (SSSR count). The molecule has 0 spiro atoms. The second-order valence-corrected chi connectivity index (χ2v) is 6.78. The Bertz CT molecular complexity index is 899. The van der Waals surface area contributed by atoms with Crippen LogP contribution in [0.15, 0.2) is 30.3 Å². The van der Waals surface area contributed by atoms with Crippen LogP contribution in [0.4, 0.5) is 32.4 Å². The van der Waals surface area contributed by atoms with Gasteiger partial charge in [0.2, 0.25) is 34.8 Å². The Morgan fingerprint density at radius 1 is 0.862 bits per heavy atom. The van der Waals surface area contributed by atoms with Crippen molar-refractivity contribution < 1.29 is 41.0 Å². The molecule has 0 aliphatic rings. The molecule has 2 aromatic rings. The summed E-state index contributed by atoms with van der Waals surface area (Å²) in [5.41, 5.74) is -0.758. The van der Waals surface area contributed by atoms with Crippen LogP contribution in [0.25, 0.3) is 0 Å². The van der Waals surface area contributed by atoms with Gasteiger partial charge >= 0.3 is 12.1 Å². The van der Waals surface area contributed by atoms with Crippen molar-refractivity contribution >= 4 is 17.7 Å². The largest absolute Gasteiger partial charge is 0.443 e. The van der Waals surface area contributed by atoms with Crippen LogP contribution in [0.2, 0.25) is 0 Å². The lowest BCUT2D eigenvalue weighted by Crippen LogP contribution is -2.41. The predicted octanol–water partition coefficient (Wildman–Crippen LogP) is 4.73. The van der Waals surface area contributed by atoms with E-state index in [9.17, 15) is 31.5 Å². The third-order valence-corrected chi connectivity index (χ3v) is 3.35. The quantitative estimate of drug-likeness (QED) is 0.237. The molecule has 0 aromatic heterocycles. The summed E-state index contributed by atoms with van der Waals surface area (Å²) in [5.74, 6) is -14.7. The summed E-state index contributed by atoms with van der Waals surface area (Å²) in [4.78, 5) is 25.3. The van der Waals surface area contributed by atoms with Gasteiger partial charge in [-0.25, -0.2) is 22.8 Å². The topological polar surface area (TPSA) is 55.8 Å². The molecule has 0 heterocycles. The van der Waals surface area contributed by atoms with E-state index in [-0.39, 0.29) is 5.69 Å². The molecule has 156 valence electrons. The monoisotopic (exact) mass is 417 g/mol. The highest BCUT2D eigenvalue weighted by Gasteiger charge is 2.31. The molecule has 0 aliphatic carbocycles. The minimum Gasteiger partial charge on any atom is -0.443 e. The van der Waals surface area contributed by atoms with Crippen LogP contribution in [0.5, 0.6) is 5.75 Å². The Morgan fingerprint density at radius 2 is 1.34 bits per heavy atom. The molecule has 1 amide bonds. The summed E-state index contributed by atoms with van der Waals surface area (Å²) in [6, 6.07) is 7.60. The van der Waals surface area contributed by atoms with Crippen molar-refractivity contribution in [3.8, 4) is 5.75 Å². The van der Waals surface area contributed by atoms with Gasteiger partial charge in [-0.2, -0.15) is 8.78 Å². The molecule has 2 aromatic carbocycles. The van der Waals surface area contributed by atoms with Crippen molar-refractivity contribution in [3.63, 3.8) is 0 Å². The number of benzene rings is 2. The maximum Gasteiger partial charge on any atom is 0.415 e. The molecular formula is C19H16F5NO4. The minimum absolute atomic E-state index is 0.177. The fourth-order valence-corrected chi connectivity index (χ4v) is 2.14. The number of hydrogen-bond donors (Lipinski definition) is 0. The van der Waals surface area contributed by atoms with Gasteiger partial charge in [0, 0.05) is 5.69 Å². The Kier molecular flexibility index (Phi) is 6.45. The van der Waals surface area contributed by atoms with Crippen LogP contribution < -0.4 is 9.64 Å². The third-order valence-electron chi connectivity index (χ3n) is 3.35. The fraction of sp³-hybridized carbons (Fsp3) is 0.263. The van der Waals surface area contributed by atoms with Gasteiger partial charge in [0.25, 0.3) is 0 Å². The molecule has 5 nitrogen and oxygen atoms in total. The fourth-order valence-electron chi connectivity index (χ4n) is 2.14. The Morgan fingerprint density at radius 3 is 1.83 bits per heavy atom. The van der Waals surface area contributed by atoms with E-state index in [1.165, 1.54) is 12.1 Å². The van der Waals surface area contributed by atoms with E-state index >= 15 is 0 Å². The number of carbonyl (C=O) groups excluding carboxylic acids is 2. The number of anilines is 1. The molecule has 10 heteroatoms. The first-order chi connectivity index (χ1) is 13.4. The molecule has 0 bridgehead atoms. The van der Waals surface area contributed by atoms with Crippen LogP contribution >= 0.6 is 0 Å². The van der Waals surface area contributed by atoms with Gasteiger partial charge < -0.3 is 9.47 Å². The Hall–Kier alpha value is -3.17. The smallest absolute Gasteiger partial charge is 0.415 e. The predicted molar refractivity (Wildman–Crippen MR) is 91.9 cm³/mol. The van der Waals surface area contributed by atoms with Gasteiger partial charge in [0.05, 0.1) is 0 Å². The number of hydrogen-bond acceptors (Lipinski definition) is 4. The highest BCUT2D eigenvalue weighted by atomic mass is 19.2. The van der Waals surface area contributed by atoms with Crippen molar-refractivity contribution in [3.05, 3.63) is 59.4 Å². The number of nitrogens with zero attached hydrogens (tertiary/aromatic N) is 1. The lowest BCUT2D eigenvalue weighted by atomic mass is 10.2. The molecule has 0 saturated heterocycles. The number of esters is 1. The second kappa shape index (κ2) is 8.46. The van der Waals surface area contributed by atoms with Gasteiger partial charge in [0.1, 0.15) is 12.1 Å². The van der Waals surface area contributed by atoms with E-state index in [2.05, 4.69) is 4.74 Å². The molecule has 0 aliphatic heterocycles. The van der Waals surface area contributed by atoms with Gasteiger partial charge in [-0.3, -0.25) is 4.90 Å². The Labute approximate surface area is 162 Å². The third kappa shape index (κ3) is 5.21. The van der Waals surface area contributed by atoms with Crippen molar-refractivity contribution in [2.24, 2.45) is 0 Å². The standard InChI is InChI=1S/C19H16F5NO4/c1-19(2,3)29-18(27)25(10-7-5-4-6-8-10)9-11(26)28-17-15(23)13(21)12(20)14(22)16(17)24/h4-8H,9H2,1-3H3. The zero-order chi connectivity index (χ0) is 21.9. The average Bonchev–Trinajstić information content (AvgIpc) is 2.65. The molecule has 0 N–H and O–H groups in total. The van der Waals surface area contributed by atoms with Gasteiger partial charge in [-0.1, -0.05) is 18.2 Å². The number of carbonyl (C=O) groups is 2. The number of rotatable bonds is 4. The van der Waals surface area contributed by atoms with Crippen LogP contribution in [0, 0.1) is 29.1 Å². The summed E-state index contributed by atoms with van der Waals surface area (Å²) < 4.78 is 76.5. The van der Waals surface area contributed by atoms with Crippen molar-refractivity contribution in [1.82, 2.24) is 0 Å². The maximum atomic E-state index is 13.7. The molecule has 0 unspecified atom stereocenters. The molecule has 0 atom stereocenters. The zero-order valence-corrected chi connectivity index (χ0v) is 15.6. The highest BCUT2D eigenvalue weighted by molar-refractivity contribution is 5.94. The van der Waals surface area contributed by atoms with Crippen molar-refractivity contribution in [1.29, 1.82) is 0 Å². The van der Waals surface area contributed by atoms with E-state index in [0.29, 0.717) is 0 Å². The van der Waals surface area contributed by atoms with E-state index < -0.39 is 59.0 Å². The van der Waals surface area contributed by atoms with Crippen LogP contribution in [-0.2, 0) is 9.53 Å². The van der Waals surface area contributed by atoms with E-state index in [0.717, 1.165) is 4.90 Å². The van der Waals surface area contributed by atoms with Gasteiger partial charge in [0.15, 0.2) is 0 Å². The summed E-state index contributed by atoms with van der Waals surface area (Å²) in [5, 5.41) is 0. The Balaban J connectivity index is 2.31. The first-order valence-electron chi connectivity index (χ1n) is 8.20. The lowest BCUT2D eigenvalue weighted by molar-refractivity contribution is -0.133. The number of halogens is 5. The number of ether oxygens (including phenoxy) is 2. The first kappa shape index (κ1) is 22.1. The molecule has 0 saturated carbocycles. The van der Waals surface area contributed by atoms with E-state index in [1.807, 2.05) is 0 Å². The van der Waals surface area contributed by atoms with Crippen molar-refractivity contribution in [2.45, 2.75) is 26.4 Å². The molecule has 0 radical (unpaired) electrons. The molecule has 0 fully saturated rings. The molecule has 29 heavy (non-hydrogen) atoms. The summed E-state index contributed by atoms with van der Waals surface area (Å²) in [6.45, 7) is 3.79.